The number of allylic oxidation sites excluding steroid dienone is 1. The highest BCUT2D eigenvalue weighted by Crippen LogP contribution is 2.60. The van der Waals surface area contributed by atoms with Crippen LogP contribution in [0.3, 0.4) is 0 Å². The number of Topliss-reactive ketones (excluding diaryl/α,β-unsaturated/α-hetero) is 2. The third kappa shape index (κ3) is 2.02. The van der Waals surface area contributed by atoms with Crippen LogP contribution < -0.4 is 0 Å². The topological polar surface area (TPSA) is 51.2 Å². The highest BCUT2D eigenvalue weighted by Gasteiger charge is 2.64. The van der Waals surface area contributed by atoms with Gasteiger partial charge >= 0.3 is 0 Å². The van der Waals surface area contributed by atoms with Crippen LogP contribution in [0.1, 0.15) is 38.6 Å². The van der Waals surface area contributed by atoms with E-state index in [0.29, 0.717) is 16.7 Å². The molecule has 0 amide bonds. The average molecular weight is 348 g/mol. The molecule has 2 aliphatic carbocycles. The molecule has 0 N–H and O–H groups in total. The SMILES string of the molecule is C=C[C@H]1CC2(C(=O)c3ccccc3C2=O)[C@H](c2ccc(F)cc2)[C@H]1C=O. The van der Waals surface area contributed by atoms with Gasteiger partial charge in [0.15, 0.2) is 11.6 Å². The van der Waals surface area contributed by atoms with Crippen molar-refractivity contribution in [1.29, 1.82) is 0 Å². The molecule has 1 saturated carbocycles. The Bertz CT molecular complexity index is 894. The van der Waals surface area contributed by atoms with Crippen molar-refractivity contribution in [2.24, 2.45) is 17.3 Å². The van der Waals surface area contributed by atoms with Crippen LogP contribution in [0.25, 0.3) is 0 Å². The molecule has 26 heavy (non-hydrogen) atoms. The van der Waals surface area contributed by atoms with Crippen molar-refractivity contribution >= 4 is 17.9 Å². The second kappa shape index (κ2) is 5.84. The lowest BCUT2D eigenvalue weighted by molar-refractivity contribution is -0.112. The number of hydrogen-bond acceptors (Lipinski definition) is 3. The number of benzene rings is 2. The Hall–Kier alpha value is -2.88. The zero-order chi connectivity index (χ0) is 18.5. The summed E-state index contributed by atoms with van der Waals surface area (Å²) in [5, 5.41) is 0. The molecule has 1 spiro atoms. The fourth-order valence-corrected chi connectivity index (χ4v) is 4.74. The smallest absolute Gasteiger partial charge is 0.178 e. The summed E-state index contributed by atoms with van der Waals surface area (Å²) in [7, 11) is 0. The maximum atomic E-state index is 13.4. The lowest BCUT2D eigenvalue weighted by Crippen LogP contribution is -2.37. The maximum Gasteiger partial charge on any atom is 0.178 e. The molecule has 0 bridgehead atoms. The molecule has 2 aromatic carbocycles. The number of carbonyl (C=O) groups is 3. The summed E-state index contributed by atoms with van der Waals surface area (Å²) < 4.78 is 13.4. The minimum Gasteiger partial charge on any atom is -0.303 e. The van der Waals surface area contributed by atoms with Crippen molar-refractivity contribution in [3.63, 3.8) is 0 Å². The molecule has 130 valence electrons. The van der Waals surface area contributed by atoms with Gasteiger partial charge in [-0.3, -0.25) is 9.59 Å². The number of rotatable bonds is 3. The van der Waals surface area contributed by atoms with Gasteiger partial charge in [0.25, 0.3) is 0 Å². The lowest BCUT2D eigenvalue weighted by Gasteiger charge is -2.30. The van der Waals surface area contributed by atoms with Crippen molar-refractivity contribution in [1.82, 2.24) is 0 Å². The third-order valence-corrected chi connectivity index (χ3v) is 5.88. The molecule has 2 aromatic rings. The zero-order valence-electron chi connectivity index (χ0n) is 14.0. The number of carbonyl (C=O) groups excluding carboxylic acids is 3. The molecule has 4 rings (SSSR count). The van der Waals surface area contributed by atoms with Crippen LogP contribution >= 0.6 is 0 Å². The summed E-state index contributed by atoms with van der Waals surface area (Å²) in [5.41, 5.74) is 0.103. The van der Waals surface area contributed by atoms with Gasteiger partial charge in [0.2, 0.25) is 0 Å². The Morgan fingerprint density at radius 3 is 2.08 bits per heavy atom. The van der Waals surface area contributed by atoms with E-state index in [1.807, 2.05) is 0 Å². The number of ketones is 2. The Morgan fingerprint density at radius 1 is 1.00 bits per heavy atom. The molecule has 0 saturated heterocycles. The van der Waals surface area contributed by atoms with Gasteiger partial charge in [0.1, 0.15) is 17.5 Å². The Kier molecular flexibility index (Phi) is 3.72. The van der Waals surface area contributed by atoms with Gasteiger partial charge in [-0.05, 0) is 30.0 Å². The fraction of sp³-hybridized carbons (Fsp3) is 0.227. The number of fused-ring (bicyclic) bond motifs is 1. The Morgan fingerprint density at radius 2 is 1.58 bits per heavy atom. The average Bonchev–Trinajstić information content (AvgIpc) is 3.12. The van der Waals surface area contributed by atoms with Crippen molar-refractivity contribution in [3.8, 4) is 0 Å². The van der Waals surface area contributed by atoms with Crippen LogP contribution in [0.4, 0.5) is 4.39 Å². The predicted molar refractivity (Wildman–Crippen MR) is 94.5 cm³/mol. The highest BCUT2D eigenvalue weighted by atomic mass is 19.1. The first-order valence-electron chi connectivity index (χ1n) is 8.56. The summed E-state index contributed by atoms with van der Waals surface area (Å²) in [6, 6.07) is 12.5. The van der Waals surface area contributed by atoms with Gasteiger partial charge in [-0.2, -0.15) is 0 Å². The molecule has 0 unspecified atom stereocenters. The quantitative estimate of drug-likeness (QED) is 0.479. The summed E-state index contributed by atoms with van der Waals surface area (Å²) in [6.07, 6.45) is 2.70. The van der Waals surface area contributed by atoms with E-state index in [2.05, 4.69) is 6.58 Å². The van der Waals surface area contributed by atoms with Crippen molar-refractivity contribution < 1.29 is 18.8 Å². The van der Waals surface area contributed by atoms with Gasteiger partial charge in [0.05, 0.1) is 0 Å². The van der Waals surface area contributed by atoms with Crippen LogP contribution in [0.15, 0.2) is 61.2 Å². The van der Waals surface area contributed by atoms with E-state index in [1.54, 1.807) is 42.5 Å². The van der Waals surface area contributed by atoms with E-state index in [0.717, 1.165) is 6.29 Å². The normalized spacial score (nSPS) is 26.1. The van der Waals surface area contributed by atoms with Gasteiger partial charge in [-0.15, -0.1) is 6.58 Å². The standard InChI is InChI=1S/C22H17FO3/c1-2-13-11-22(20(25)16-5-3-4-6-17(16)21(22)26)19(18(13)12-24)14-7-9-15(23)10-8-14/h2-10,12-13,18-19H,1,11H2/t13-,18-,19+/m0/s1. The molecule has 0 radical (unpaired) electrons. The van der Waals surface area contributed by atoms with E-state index >= 15 is 0 Å². The highest BCUT2D eigenvalue weighted by molar-refractivity contribution is 6.30. The van der Waals surface area contributed by atoms with Crippen LogP contribution in [0, 0.1) is 23.1 Å². The second-order valence-electron chi connectivity index (χ2n) is 7.02. The van der Waals surface area contributed by atoms with Crippen molar-refractivity contribution in [3.05, 3.63) is 83.7 Å². The molecule has 0 heterocycles. The fourth-order valence-electron chi connectivity index (χ4n) is 4.74. The zero-order valence-corrected chi connectivity index (χ0v) is 14.0. The van der Waals surface area contributed by atoms with Crippen LogP contribution in [-0.2, 0) is 4.79 Å². The lowest BCUT2D eigenvalue weighted by atomic mass is 9.68. The molecular formula is C22H17FO3. The first-order chi connectivity index (χ1) is 12.5. The van der Waals surface area contributed by atoms with E-state index in [-0.39, 0.29) is 23.9 Å². The van der Waals surface area contributed by atoms with E-state index in [9.17, 15) is 18.8 Å². The first-order valence-corrected chi connectivity index (χ1v) is 8.56. The number of aldehydes is 1. The first kappa shape index (κ1) is 16.6. The third-order valence-electron chi connectivity index (χ3n) is 5.88. The minimum atomic E-state index is -1.33. The van der Waals surface area contributed by atoms with Crippen LogP contribution in [-0.4, -0.2) is 17.9 Å². The number of halogens is 1. The predicted octanol–water partition coefficient (Wildman–Crippen LogP) is 4.00. The molecule has 0 aromatic heterocycles. The van der Waals surface area contributed by atoms with Crippen LogP contribution in [0.2, 0.25) is 0 Å². The summed E-state index contributed by atoms with van der Waals surface area (Å²) in [4.78, 5) is 38.6. The van der Waals surface area contributed by atoms with Crippen molar-refractivity contribution in [2.45, 2.75) is 12.3 Å². The van der Waals surface area contributed by atoms with Gasteiger partial charge < -0.3 is 4.79 Å². The van der Waals surface area contributed by atoms with E-state index in [4.69, 9.17) is 0 Å². The van der Waals surface area contributed by atoms with Crippen LogP contribution in [0.5, 0.6) is 0 Å². The minimum absolute atomic E-state index is 0.244. The van der Waals surface area contributed by atoms with Gasteiger partial charge in [-0.25, -0.2) is 4.39 Å². The van der Waals surface area contributed by atoms with E-state index in [1.165, 1.54) is 12.1 Å². The summed E-state index contributed by atoms with van der Waals surface area (Å²) in [5.74, 6) is -2.37. The van der Waals surface area contributed by atoms with Crippen molar-refractivity contribution in [2.75, 3.05) is 0 Å². The molecule has 0 aliphatic heterocycles. The molecule has 2 aliphatic rings. The molecule has 3 atom stereocenters. The monoisotopic (exact) mass is 348 g/mol. The van der Waals surface area contributed by atoms with E-state index < -0.39 is 23.1 Å². The summed E-state index contributed by atoms with van der Waals surface area (Å²) in [6.45, 7) is 3.80. The largest absolute Gasteiger partial charge is 0.303 e. The molecule has 1 fully saturated rings. The maximum absolute atomic E-state index is 13.4. The Labute approximate surface area is 150 Å². The molecular weight excluding hydrogens is 331 g/mol. The molecule has 4 heteroatoms. The number of hydrogen-bond donors (Lipinski definition) is 0. The van der Waals surface area contributed by atoms with Gasteiger partial charge in [-0.1, -0.05) is 42.5 Å². The second-order valence-corrected chi connectivity index (χ2v) is 7.02. The summed E-state index contributed by atoms with van der Waals surface area (Å²) >= 11 is 0. The molecule has 3 nitrogen and oxygen atoms in total. The Balaban J connectivity index is 1.95. The van der Waals surface area contributed by atoms with Gasteiger partial charge in [0, 0.05) is 23.0 Å².